The number of aliphatic hydroxyl groups is 1. The standard InChI is InChI=1S/C21H21ClF3NO2/c1-12(23)11-26-19(27)9-7-14(15-10-13(28-2)6-8-16(15)22)21(26)20-17(24)4-3-5-18(20)25/h3-6,8,10,12,19,27H,7,9,11H2,1-2H3. The van der Waals surface area contributed by atoms with Crippen molar-refractivity contribution in [1.29, 1.82) is 0 Å². The lowest BCUT2D eigenvalue weighted by Gasteiger charge is -2.39. The summed E-state index contributed by atoms with van der Waals surface area (Å²) < 4.78 is 48.5. The fraction of sp³-hybridized carbons (Fsp3) is 0.333. The number of aliphatic hydroxyl groups excluding tert-OH is 1. The van der Waals surface area contributed by atoms with Crippen molar-refractivity contribution in [1.82, 2.24) is 4.90 Å². The summed E-state index contributed by atoms with van der Waals surface area (Å²) >= 11 is 6.38. The molecule has 0 saturated heterocycles. The molecule has 7 heteroatoms. The van der Waals surface area contributed by atoms with Crippen LogP contribution in [0.1, 0.15) is 30.9 Å². The highest BCUT2D eigenvalue weighted by Gasteiger charge is 2.33. The first kappa shape index (κ1) is 20.6. The zero-order chi connectivity index (χ0) is 20.4. The van der Waals surface area contributed by atoms with Crippen molar-refractivity contribution in [3.63, 3.8) is 0 Å². The van der Waals surface area contributed by atoms with Crippen LogP contribution in [0.4, 0.5) is 13.2 Å². The number of ether oxygens (including phenoxy) is 1. The van der Waals surface area contributed by atoms with Gasteiger partial charge in [0.05, 0.1) is 24.9 Å². The summed E-state index contributed by atoms with van der Waals surface area (Å²) in [6, 6.07) is 8.50. The highest BCUT2D eigenvalue weighted by Crippen LogP contribution is 2.43. The fourth-order valence-electron chi connectivity index (χ4n) is 3.50. The lowest BCUT2D eigenvalue weighted by molar-refractivity contribution is 0.0234. The molecule has 0 aromatic heterocycles. The average molecular weight is 412 g/mol. The third-order valence-electron chi connectivity index (χ3n) is 4.73. The van der Waals surface area contributed by atoms with Gasteiger partial charge in [-0.25, -0.2) is 13.2 Å². The molecule has 150 valence electrons. The maximum Gasteiger partial charge on any atom is 0.135 e. The number of hydrogen-bond donors (Lipinski definition) is 1. The highest BCUT2D eigenvalue weighted by molar-refractivity contribution is 6.32. The molecule has 0 radical (unpaired) electrons. The third kappa shape index (κ3) is 3.98. The first-order valence-corrected chi connectivity index (χ1v) is 9.31. The predicted molar refractivity (Wildman–Crippen MR) is 104 cm³/mol. The van der Waals surface area contributed by atoms with E-state index in [0.29, 0.717) is 28.3 Å². The van der Waals surface area contributed by atoms with Gasteiger partial charge in [0.1, 0.15) is 29.8 Å². The Bertz CT molecular complexity index is 881. The minimum absolute atomic E-state index is 0.106. The molecule has 1 N–H and O–H groups in total. The molecular formula is C21H21ClF3NO2. The van der Waals surface area contributed by atoms with Gasteiger partial charge in [0, 0.05) is 10.6 Å². The minimum atomic E-state index is -1.32. The summed E-state index contributed by atoms with van der Waals surface area (Å²) in [6.45, 7) is 1.12. The number of hydrogen-bond acceptors (Lipinski definition) is 3. The van der Waals surface area contributed by atoms with Gasteiger partial charge in [-0.2, -0.15) is 0 Å². The number of nitrogens with zero attached hydrogens (tertiary/aromatic N) is 1. The summed E-state index contributed by atoms with van der Waals surface area (Å²) in [5.74, 6) is -1.06. The summed E-state index contributed by atoms with van der Waals surface area (Å²) in [7, 11) is 1.50. The molecule has 1 aliphatic heterocycles. The van der Waals surface area contributed by atoms with Crippen molar-refractivity contribution < 1.29 is 23.0 Å². The van der Waals surface area contributed by atoms with Gasteiger partial charge in [0.25, 0.3) is 0 Å². The van der Waals surface area contributed by atoms with Crippen molar-refractivity contribution in [2.75, 3.05) is 13.7 Å². The van der Waals surface area contributed by atoms with Crippen LogP contribution in [0.2, 0.25) is 5.02 Å². The average Bonchev–Trinajstić information content (AvgIpc) is 2.64. The molecule has 0 amide bonds. The van der Waals surface area contributed by atoms with Crippen LogP contribution in [-0.4, -0.2) is 36.1 Å². The second kappa shape index (κ2) is 8.45. The van der Waals surface area contributed by atoms with Crippen LogP contribution in [-0.2, 0) is 0 Å². The summed E-state index contributed by atoms with van der Waals surface area (Å²) in [5, 5.41) is 10.9. The Labute approximate surface area is 167 Å². The molecule has 2 aromatic rings. The van der Waals surface area contributed by atoms with Crippen LogP contribution >= 0.6 is 11.6 Å². The molecule has 0 bridgehead atoms. The number of alkyl halides is 1. The van der Waals surface area contributed by atoms with Crippen molar-refractivity contribution in [3.05, 3.63) is 64.2 Å². The van der Waals surface area contributed by atoms with Crippen molar-refractivity contribution in [3.8, 4) is 5.75 Å². The second-order valence-electron chi connectivity index (χ2n) is 6.72. The zero-order valence-corrected chi connectivity index (χ0v) is 16.3. The van der Waals surface area contributed by atoms with Crippen LogP contribution in [0.3, 0.4) is 0 Å². The van der Waals surface area contributed by atoms with E-state index in [-0.39, 0.29) is 24.2 Å². The van der Waals surface area contributed by atoms with Crippen LogP contribution in [0.15, 0.2) is 36.4 Å². The number of allylic oxidation sites excluding steroid dienone is 1. The maximum absolute atomic E-state index is 14.7. The van der Waals surface area contributed by atoms with Gasteiger partial charge in [0.15, 0.2) is 0 Å². The largest absolute Gasteiger partial charge is 0.497 e. The molecule has 0 saturated carbocycles. The first-order valence-electron chi connectivity index (χ1n) is 8.93. The van der Waals surface area contributed by atoms with Crippen LogP contribution in [0.5, 0.6) is 5.75 Å². The molecule has 0 spiro atoms. The van der Waals surface area contributed by atoms with E-state index in [0.717, 1.165) is 12.1 Å². The van der Waals surface area contributed by atoms with Crippen LogP contribution in [0.25, 0.3) is 11.3 Å². The Hall–Kier alpha value is -2.18. The second-order valence-corrected chi connectivity index (χ2v) is 7.13. The number of methoxy groups -OCH3 is 1. The number of halogens is 4. The normalized spacial score (nSPS) is 18.4. The SMILES string of the molecule is COc1ccc(Cl)c(C2=C(c3c(F)cccc3F)N(CC(C)F)C(O)CC2)c1. The number of benzene rings is 2. The molecule has 2 atom stereocenters. The van der Waals surface area contributed by atoms with E-state index >= 15 is 0 Å². The minimum Gasteiger partial charge on any atom is -0.497 e. The van der Waals surface area contributed by atoms with E-state index < -0.39 is 24.0 Å². The van der Waals surface area contributed by atoms with E-state index in [1.807, 2.05) is 0 Å². The fourth-order valence-corrected chi connectivity index (χ4v) is 3.73. The molecule has 0 fully saturated rings. The van der Waals surface area contributed by atoms with Gasteiger partial charge in [0.2, 0.25) is 0 Å². The molecule has 1 heterocycles. The highest BCUT2D eigenvalue weighted by atomic mass is 35.5. The van der Waals surface area contributed by atoms with Gasteiger partial charge in [-0.15, -0.1) is 0 Å². The quantitative estimate of drug-likeness (QED) is 0.727. The smallest absolute Gasteiger partial charge is 0.135 e. The van der Waals surface area contributed by atoms with Crippen molar-refractivity contribution in [2.24, 2.45) is 0 Å². The molecular weight excluding hydrogens is 391 g/mol. The Morgan fingerprint density at radius 3 is 2.54 bits per heavy atom. The van der Waals surface area contributed by atoms with Gasteiger partial charge < -0.3 is 14.7 Å². The third-order valence-corrected chi connectivity index (χ3v) is 5.06. The van der Waals surface area contributed by atoms with Gasteiger partial charge >= 0.3 is 0 Å². The number of rotatable bonds is 5. The van der Waals surface area contributed by atoms with Gasteiger partial charge in [-0.3, -0.25) is 0 Å². The van der Waals surface area contributed by atoms with Crippen molar-refractivity contribution in [2.45, 2.75) is 32.2 Å². The first-order chi connectivity index (χ1) is 13.3. The van der Waals surface area contributed by atoms with Crippen molar-refractivity contribution >= 4 is 22.9 Å². The Morgan fingerprint density at radius 1 is 1.25 bits per heavy atom. The van der Waals surface area contributed by atoms with E-state index in [2.05, 4.69) is 0 Å². The van der Waals surface area contributed by atoms with E-state index in [9.17, 15) is 18.3 Å². The zero-order valence-electron chi connectivity index (χ0n) is 15.6. The lowest BCUT2D eigenvalue weighted by Crippen LogP contribution is -2.40. The topological polar surface area (TPSA) is 32.7 Å². The van der Waals surface area contributed by atoms with Gasteiger partial charge in [-0.05, 0) is 55.7 Å². The van der Waals surface area contributed by atoms with Crippen LogP contribution < -0.4 is 4.74 Å². The Morgan fingerprint density at radius 2 is 1.93 bits per heavy atom. The maximum atomic E-state index is 14.7. The molecule has 28 heavy (non-hydrogen) atoms. The predicted octanol–water partition coefficient (Wildman–Crippen LogP) is 5.27. The van der Waals surface area contributed by atoms with E-state index in [1.165, 1.54) is 25.0 Å². The van der Waals surface area contributed by atoms with Gasteiger partial charge in [-0.1, -0.05) is 17.7 Å². The molecule has 2 aromatic carbocycles. The molecule has 1 aliphatic rings. The lowest BCUT2D eigenvalue weighted by atomic mass is 9.90. The molecule has 3 rings (SSSR count). The molecule has 0 aliphatic carbocycles. The summed E-state index contributed by atoms with van der Waals surface area (Å²) in [6.07, 6.45) is -1.80. The molecule has 2 unspecified atom stereocenters. The van der Waals surface area contributed by atoms with E-state index in [1.54, 1.807) is 18.2 Å². The summed E-state index contributed by atoms with van der Waals surface area (Å²) in [4.78, 5) is 1.31. The Balaban J connectivity index is 2.32. The van der Waals surface area contributed by atoms with E-state index in [4.69, 9.17) is 16.3 Å². The van der Waals surface area contributed by atoms with Crippen LogP contribution in [0, 0.1) is 11.6 Å². The molecule has 3 nitrogen and oxygen atoms in total. The summed E-state index contributed by atoms with van der Waals surface area (Å²) in [5.41, 5.74) is 0.853. The monoisotopic (exact) mass is 411 g/mol. The Kier molecular flexibility index (Phi) is 6.20.